The lowest BCUT2D eigenvalue weighted by molar-refractivity contribution is -0.384. The fraction of sp³-hybridized carbons (Fsp3) is 0.455. The Labute approximate surface area is 126 Å². The normalized spacial score (nSPS) is 19.0. The second-order valence-electron chi connectivity index (χ2n) is 4.38. The number of amides is 1. The summed E-state index contributed by atoms with van der Waals surface area (Å²) in [5, 5.41) is 11.8. The van der Waals surface area contributed by atoms with Gasteiger partial charge in [0.1, 0.15) is 0 Å². The van der Waals surface area contributed by atoms with Crippen molar-refractivity contribution in [2.24, 2.45) is 5.92 Å². The number of carbonyl (C=O) groups is 1. The van der Waals surface area contributed by atoms with Gasteiger partial charge in [-0.05, 0) is 28.8 Å². The van der Waals surface area contributed by atoms with Crippen LogP contribution in [0, 0.1) is 23.0 Å². The number of nitro groups is 1. The van der Waals surface area contributed by atoms with E-state index in [0.29, 0.717) is 28.5 Å². The highest BCUT2D eigenvalue weighted by molar-refractivity contribution is 9.10. The first-order valence-electron chi connectivity index (χ1n) is 5.62. The molecule has 1 aromatic rings. The minimum absolute atomic E-state index is 0.123. The Morgan fingerprint density at radius 2 is 2.32 bits per heavy atom. The maximum Gasteiger partial charge on any atom is 0.313 e. The molecule has 0 radical (unpaired) electrons. The van der Waals surface area contributed by atoms with E-state index in [1.165, 1.54) is 11.0 Å². The molecule has 1 atom stereocenters. The number of carbonyl (C=O) groups excluding carboxylic acids is 1. The molecule has 102 valence electrons. The van der Waals surface area contributed by atoms with E-state index in [9.17, 15) is 14.9 Å². The molecule has 2 heterocycles. The Morgan fingerprint density at radius 3 is 2.84 bits per heavy atom. The number of rotatable bonds is 3. The Kier molecular flexibility index (Phi) is 4.19. The number of aryl methyl sites for hydroxylation is 1. The van der Waals surface area contributed by atoms with Gasteiger partial charge in [-0.3, -0.25) is 19.8 Å². The smallest absolute Gasteiger partial charge is 0.291 e. The number of nitrogens with zero attached hydrogens (tertiary/aromatic N) is 3. The summed E-state index contributed by atoms with van der Waals surface area (Å²) >= 11 is 6.56. The third-order valence-electron chi connectivity index (χ3n) is 2.99. The predicted molar refractivity (Wildman–Crippen MR) is 77.6 cm³/mol. The molecule has 1 amide bonds. The summed E-state index contributed by atoms with van der Waals surface area (Å²) in [6, 6.07) is 1.40. The molecule has 0 saturated carbocycles. The van der Waals surface area contributed by atoms with E-state index >= 15 is 0 Å². The van der Waals surface area contributed by atoms with Crippen molar-refractivity contribution in [3.63, 3.8) is 0 Å². The molecule has 0 aromatic carbocycles. The largest absolute Gasteiger partial charge is 0.313 e. The molecule has 19 heavy (non-hydrogen) atoms. The monoisotopic (exact) mass is 391 g/mol. The van der Waals surface area contributed by atoms with Crippen LogP contribution in [0.4, 0.5) is 11.5 Å². The van der Waals surface area contributed by atoms with Crippen molar-refractivity contribution in [1.82, 2.24) is 4.98 Å². The van der Waals surface area contributed by atoms with Crippen molar-refractivity contribution < 1.29 is 9.72 Å². The van der Waals surface area contributed by atoms with Gasteiger partial charge in [-0.1, -0.05) is 15.9 Å². The van der Waals surface area contributed by atoms with E-state index in [1.54, 1.807) is 6.92 Å². The molecule has 6 nitrogen and oxygen atoms in total. The first kappa shape index (κ1) is 14.4. The molecule has 1 aliphatic rings. The van der Waals surface area contributed by atoms with E-state index in [1.807, 2.05) is 0 Å². The average molecular weight is 393 g/mol. The maximum atomic E-state index is 11.9. The highest BCUT2D eigenvalue weighted by atomic mass is 79.9. The van der Waals surface area contributed by atoms with Crippen molar-refractivity contribution in [2.45, 2.75) is 13.3 Å². The van der Waals surface area contributed by atoms with Crippen LogP contribution in [0.15, 0.2) is 10.5 Å². The van der Waals surface area contributed by atoms with Crippen LogP contribution in [0.1, 0.15) is 12.1 Å². The molecule has 1 aliphatic heterocycles. The minimum Gasteiger partial charge on any atom is -0.291 e. The van der Waals surface area contributed by atoms with Crippen molar-refractivity contribution in [3.8, 4) is 0 Å². The van der Waals surface area contributed by atoms with Crippen molar-refractivity contribution in [2.75, 3.05) is 16.8 Å². The number of anilines is 1. The van der Waals surface area contributed by atoms with Crippen LogP contribution in [0.2, 0.25) is 0 Å². The van der Waals surface area contributed by atoms with Gasteiger partial charge in [-0.25, -0.2) is 4.98 Å². The molecular formula is C11H11Br2N3O3. The zero-order valence-electron chi connectivity index (χ0n) is 10.1. The highest BCUT2D eigenvalue weighted by Gasteiger charge is 2.35. The fourth-order valence-electron chi connectivity index (χ4n) is 1.98. The predicted octanol–water partition coefficient (Wildman–Crippen LogP) is 2.81. The number of hydrogen-bond donors (Lipinski definition) is 0. The van der Waals surface area contributed by atoms with E-state index in [2.05, 4.69) is 36.8 Å². The number of halogens is 2. The molecule has 0 N–H and O–H groups in total. The van der Waals surface area contributed by atoms with Gasteiger partial charge >= 0.3 is 5.69 Å². The van der Waals surface area contributed by atoms with E-state index in [0.717, 1.165) is 0 Å². The van der Waals surface area contributed by atoms with Crippen LogP contribution in [0.3, 0.4) is 0 Å². The van der Waals surface area contributed by atoms with Gasteiger partial charge in [0.2, 0.25) is 11.7 Å². The first-order valence-corrected chi connectivity index (χ1v) is 7.53. The number of alkyl halides is 1. The Balaban J connectivity index is 2.47. The molecule has 1 fully saturated rings. The van der Waals surface area contributed by atoms with Gasteiger partial charge < -0.3 is 0 Å². The summed E-state index contributed by atoms with van der Waals surface area (Å²) in [7, 11) is 0. The first-order chi connectivity index (χ1) is 8.93. The molecular weight excluding hydrogens is 382 g/mol. The molecule has 8 heteroatoms. The summed E-state index contributed by atoms with van der Waals surface area (Å²) in [4.78, 5) is 28.1. The van der Waals surface area contributed by atoms with Gasteiger partial charge in [0.25, 0.3) is 0 Å². The summed E-state index contributed by atoms with van der Waals surface area (Å²) in [5.41, 5.74) is 0.469. The quantitative estimate of drug-likeness (QED) is 0.450. The SMILES string of the molecule is Cc1nc(N2CC(CBr)CC2=O)c([N+](=O)[O-])cc1Br. The van der Waals surface area contributed by atoms with Gasteiger partial charge in [0.05, 0.1) is 10.6 Å². The lowest BCUT2D eigenvalue weighted by Crippen LogP contribution is -2.26. The van der Waals surface area contributed by atoms with Crippen LogP contribution in [-0.2, 0) is 4.79 Å². The Bertz CT molecular complexity index is 550. The lowest BCUT2D eigenvalue weighted by Gasteiger charge is -2.16. The standard InChI is InChI=1S/C11H11Br2N3O3/c1-6-8(13)3-9(16(18)19)11(14-6)15-5-7(4-12)2-10(15)17/h3,7H,2,4-5H2,1H3. The zero-order valence-corrected chi connectivity index (χ0v) is 13.3. The number of pyridine rings is 1. The van der Waals surface area contributed by atoms with Crippen LogP contribution in [0.25, 0.3) is 0 Å². The molecule has 0 spiro atoms. The summed E-state index contributed by atoms with van der Waals surface area (Å²) in [6.45, 7) is 2.19. The molecule has 1 aromatic heterocycles. The molecule has 1 saturated heterocycles. The number of aromatic nitrogens is 1. The lowest BCUT2D eigenvalue weighted by atomic mass is 10.2. The second-order valence-corrected chi connectivity index (χ2v) is 5.89. The average Bonchev–Trinajstić information content (AvgIpc) is 2.73. The maximum absolute atomic E-state index is 11.9. The van der Waals surface area contributed by atoms with Crippen LogP contribution in [0.5, 0.6) is 0 Å². The van der Waals surface area contributed by atoms with Gasteiger partial charge in [0, 0.05) is 28.8 Å². The van der Waals surface area contributed by atoms with Crippen molar-refractivity contribution in [1.29, 1.82) is 0 Å². The van der Waals surface area contributed by atoms with E-state index < -0.39 is 4.92 Å². The molecule has 1 unspecified atom stereocenters. The Hall–Kier alpha value is -1.02. The van der Waals surface area contributed by atoms with Gasteiger partial charge in [-0.2, -0.15) is 0 Å². The number of hydrogen-bond acceptors (Lipinski definition) is 4. The van der Waals surface area contributed by atoms with E-state index in [-0.39, 0.29) is 23.3 Å². The Morgan fingerprint density at radius 1 is 1.63 bits per heavy atom. The topological polar surface area (TPSA) is 76.3 Å². The highest BCUT2D eigenvalue weighted by Crippen LogP contribution is 2.34. The third-order valence-corrected chi connectivity index (χ3v) is 4.71. The zero-order chi connectivity index (χ0) is 14.2. The van der Waals surface area contributed by atoms with Crippen LogP contribution in [-0.4, -0.2) is 27.7 Å². The van der Waals surface area contributed by atoms with Crippen LogP contribution >= 0.6 is 31.9 Å². The summed E-state index contributed by atoms with van der Waals surface area (Å²) in [5.74, 6) is 0.179. The summed E-state index contributed by atoms with van der Waals surface area (Å²) < 4.78 is 0.562. The van der Waals surface area contributed by atoms with Crippen molar-refractivity contribution in [3.05, 3.63) is 26.3 Å². The van der Waals surface area contributed by atoms with Gasteiger partial charge in [0.15, 0.2) is 0 Å². The van der Waals surface area contributed by atoms with Crippen LogP contribution < -0.4 is 4.90 Å². The fourth-order valence-corrected chi connectivity index (χ4v) is 2.72. The molecule has 0 aliphatic carbocycles. The molecule has 0 bridgehead atoms. The summed E-state index contributed by atoms with van der Waals surface area (Å²) in [6.07, 6.45) is 0.388. The van der Waals surface area contributed by atoms with Crippen molar-refractivity contribution >= 4 is 49.3 Å². The third kappa shape index (κ3) is 2.79. The van der Waals surface area contributed by atoms with E-state index in [4.69, 9.17) is 0 Å². The second kappa shape index (κ2) is 5.54. The minimum atomic E-state index is -0.513. The van der Waals surface area contributed by atoms with Gasteiger partial charge in [-0.15, -0.1) is 0 Å². The molecule has 2 rings (SSSR count).